The zero-order valence-electron chi connectivity index (χ0n) is 9.14. The molecule has 0 atom stereocenters. The molecular weight excluding hydrogens is 310 g/mol. The first-order valence-corrected chi connectivity index (χ1v) is 7.35. The van der Waals surface area contributed by atoms with E-state index in [1.165, 1.54) is 31.4 Å². The van der Waals surface area contributed by atoms with E-state index in [9.17, 15) is 13.2 Å². The summed E-state index contributed by atoms with van der Waals surface area (Å²) in [5, 5.41) is 0.534. The molecule has 0 radical (unpaired) electrons. The SMILES string of the molecule is COC(=O)c1ccc(S(=O)(=O)NCCBr)cc1. The number of nitrogens with one attached hydrogen (secondary N) is 1. The smallest absolute Gasteiger partial charge is 0.337 e. The van der Waals surface area contributed by atoms with Crippen molar-refractivity contribution in [3.8, 4) is 0 Å². The molecule has 0 saturated carbocycles. The van der Waals surface area contributed by atoms with Gasteiger partial charge < -0.3 is 4.74 Å². The van der Waals surface area contributed by atoms with Crippen molar-refractivity contribution in [2.24, 2.45) is 0 Å². The molecule has 1 aromatic rings. The van der Waals surface area contributed by atoms with E-state index in [1.54, 1.807) is 0 Å². The Bertz CT molecular complexity index is 484. The van der Waals surface area contributed by atoms with Crippen LogP contribution in [0.25, 0.3) is 0 Å². The molecule has 0 heterocycles. The van der Waals surface area contributed by atoms with Crippen molar-refractivity contribution >= 4 is 31.9 Å². The number of esters is 1. The summed E-state index contributed by atoms with van der Waals surface area (Å²) in [6.07, 6.45) is 0. The first-order chi connectivity index (χ1) is 8.01. The Kier molecular flexibility index (Phi) is 5.10. The van der Waals surface area contributed by atoms with Gasteiger partial charge in [0.1, 0.15) is 0 Å². The maximum absolute atomic E-state index is 11.7. The quantitative estimate of drug-likeness (QED) is 0.652. The minimum Gasteiger partial charge on any atom is -0.465 e. The van der Waals surface area contributed by atoms with Gasteiger partial charge in [0, 0.05) is 11.9 Å². The average molecular weight is 322 g/mol. The summed E-state index contributed by atoms with van der Waals surface area (Å²) in [4.78, 5) is 11.3. The van der Waals surface area contributed by atoms with Crippen LogP contribution in [0.2, 0.25) is 0 Å². The Morgan fingerprint density at radius 3 is 2.41 bits per heavy atom. The molecule has 0 aromatic heterocycles. The van der Waals surface area contributed by atoms with E-state index in [1.807, 2.05) is 0 Å². The largest absolute Gasteiger partial charge is 0.465 e. The predicted molar refractivity (Wildman–Crippen MR) is 66.8 cm³/mol. The lowest BCUT2D eigenvalue weighted by Crippen LogP contribution is -2.25. The second kappa shape index (κ2) is 6.13. The lowest BCUT2D eigenvalue weighted by Gasteiger charge is -2.05. The second-order valence-electron chi connectivity index (χ2n) is 3.10. The van der Waals surface area contributed by atoms with Crippen LogP contribution in [0.15, 0.2) is 29.2 Å². The third kappa shape index (κ3) is 3.79. The van der Waals surface area contributed by atoms with E-state index < -0.39 is 16.0 Å². The zero-order valence-corrected chi connectivity index (χ0v) is 11.5. The Morgan fingerprint density at radius 2 is 1.94 bits per heavy atom. The third-order valence-electron chi connectivity index (χ3n) is 1.97. The molecule has 7 heteroatoms. The number of hydrogen-bond acceptors (Lipinski definition) is 4. The Morgan fingerprint density at radius 1 is 1.35 bits per heavy atom. The van der Waals surface area contributed by atoms with E-state index in [0.29, 0.717) is 17.4 Å². The maximum atomic E-state index is 11.7. The number of carbonyl (C=O) groups is 1. The number of alkyl halides is 1. The number of methoxy groups -OCH3 is 1. The summed E-state index contributed by atoms with van der Waals surface area (Å²) >= 11 is 3.13. The number of halogens is 1. The Hall–Kier alpha value is -0.920. The highest BCUT2D eigenvalue weighted by molar-refractivity contribution is 9.09. The third-order valence-corrected chi connectivity index (χ3v) is 3.85. The monoisotopic (exact) mass is 321 g/mol. The molecule has 5 nitrogen and oxygen atoms in total. The highest BCUT2D eigenvalue weighted by atomic mass is 79.9. The van der Waals surface area contributed by atoms with Crippen LogP contribution < -0.4 is 4.72 Å². The van der Waals surface area contributed by atoms with Crippen molar-refractivity contribution in [3.05, 3.63) is 29.8 Å². The number of hydrogen-bond donors (Lipinski definition) is 1. The second-order valence-corrected chi connectivity index (χ2v) is 5.66. The summed E-state index contributed by atoms with van der Waals surface area (Å²) < 4.78 is 30.3. The molecular formula is C10H12BrNO4S. The minimum atomic E-state index is -3.50. The van der Waals surface area contributed by atoms with Gasteiger partial charge in [-0.25, -0.2) is 17.9 Å². The van der Waals surface area contributed by atoms with Crippen molar-refractivity contribution in [2.75, 3.05) is 19.0 Å². The van der Waals surface area contributed by atoms with Crippen LogP contribution in [0.5, 0.6) is 0 Å². The number of ether oxygens (including phenoxy) is 1. The molecule has 0 unspecified atom stereocenters. The van der Waals surface area contributed by atoms with Crippen molar-refractivity contribution in [2.45, 2.75) is 4.90 Å². The number of rotatable bonds is 5. The van der Waals surface area contributed by atoms with E-state index in [4.69, 9.17) is 0 Å². The van der Waals surface area contributed by atoms with Crippen LogP contribution >= 0.6 is 15.9 Å². The molecule has 0 aliphatic heterocycles. The molecule has 0 fully saturated rings. The van der Waals surface area contributed by atoms with Crippen LogP contribution in [-0.4, -0.2) is 33.4 Å². The highest BCUT2D eigenvalue weighted by Gasteiger charge is 2.14. The topological polar surface area (TPSA) is 72.5 Å². The molecule has 17 heavy (non-hydrogen) atoms. The molecule has 0 aliphatic rings. The number of sulfonamides is 1. The molecule has 94 valence electrons. The van der Waals surface area contributed by atoms with E-state index in [-0.39, 0.29) is 4.90 Å². The fourth-order valence-corrected chi connectivity index (χ4v) is 2.64. The van der Waals surface area contributed by atoms with Crippen LogP contribution in [0, 0.1) is 0 Å². The van der Waals surface area contributed by atoms with Crippen molar-refractivity contribution in [3.63, 3.8) is 0 Å². The van der Waals surface area contributed by atoms with Crippen molar-refractivity contribution in [1.82, 2.24) is 4.72 Å². The Labute approximate surface area is 108 Å². The Balaban J connectivity index is 2.91. The first-order valence-electron chi connectivity index (χ1n) is 4.75. The van der Waals surface area contributed by atoms with E-state index in [2.05, 4.69) is 25.4 Å². The maximum Gasteiger partial charge on any atom is 0.337 e. The summed E-state index contributed by atoms with van der Waals surface area (Å²) in [6.45, 7) is 0.307. The van der Waals surface area contributed by atoms with Gasteiger partial charge >= 0.3 is 5.97 Å². The van der Waals surface area contributed by atoms with Gasteiger partial charge in [-0.05, 0) is 24.3 Å². The van der Waals surface area contributed by atoms with Crippen molar-refractivity contribution < 1.29 is 17.9 Å². The fourth-order valence-electron chi connectivity index (χ4n) is 1.14. The van der Waals surface area contributed by atoms with Gasteiger partial charge in [0.25, 0.3) is 0 Å². The first kappa shape index (κ1) is 14.1. The zero-order chi connectivity index (χ0) is 12.9. The molecule has 1 rings (SSSR count). The van der Waals surface area contributed by atoms with Gasteiger partial charge in [0.05, 0.1) is 17.6 Å². The van der Waals surface area contributed by atoms with Gasteiger partial charge in [-0.15, -0.1) is 0 Å². The predicted octanol–water partition coefficient (Wildman–Crippen LogP) is 1.15. The molecule has 0 amide bonds. The molecule has 0 spiro atoms. The molecule has 1 N–H and O–H groups in total. The molecule has 0 aliphatic carbocycles. The summed E-state index contributed by atoms with van der Waals surface area (Å²) in [5.74, 6) is -0.498. The van der Waals surface area contributed by atoms with Gasteiger partial charge in [0.15, 0.2) is 0 Å². The number of benzene rings is 1. The van der Waals surface area contributed by atoms with Gasteiger partial charge in [0.2, 0.25) is 10.0 Å². The highest BCUT2D eigenvalue weighted by Crippen LogP contribution is 2.11. The van der Waals surface area contributed by atoms with Gasteiger partial charge in [-0.2, -0.15) is 0 Å². The lowest BCUT2D eigenvalue weighted by molar-refractivity contribution is 0.0600. The van der Waals surface area contributed by atoms with E-state index >= 15 is 0 Å². The standard InChI is InChI=1S/C10H12BrNO4S/c1-16-10(13)8-2-4-9(5-3-8)17(14,15)12-7-6-11/h2-5,12H,6-7H2,1H3. The normalized spacial score (nSPS) is 11.2. The average Bonchev–Trinajstić information content (AvgIpc) is 2.35. The molecule has 1 aromatic carbocycles. The molecule has 0 bridgehead atoms. The summed E-state index contributed by atoms with van der Waals surface area (Å²) in [6, 6.07) is 5.55. The van der Waals surface area contributed by atoms with Crippen LogP contribution in [0.1, 0.15) is 10.4 Å². The van der Waals surface area contributed by atoms with E-state index in [0.717, 1.165) is 0 Å². The van der Waals surface area contributed by atoms with Gasteiger partial charge in [-0.3, -0.25) is 0 Å². The summed E-state index contributed by atoms with van der Waals surface area (Å²) in [5.41, 5.74) is 0.312. The summed E-state index contributed by atoms with van der Waals surface area (Å²) in [7, 11) is -2.24. The fraction of sp³-hybridized carbons (Fsp3) is 0.300. The van der Waals surface area contributed by atoms with Crippen LogP contribution in [0.4, 0.5) is 0 Å². The van der Waals surface area contributed by atoms with Crippen LogP contribution in [0.3, 0.4) is 0 Å². The minimum absolute atomic E-state index is 0.117. The van der Waals surface area contributed by atoms with Gasteiger partial charge in [-0.1, -0.05) is 15.9 Å². The van der Waals surface area contributed by atoms with Crippen molar-refractivity contribution in [1.29, 1.82) is 0 Å². The van der Waals surface area contributed by atoms with Crippen LogP contribution in [-0.2, 0) is 14.8 Å². The molecule has 0 saturated heterocycles. The lowest BCUT2D eigenvalue weighted by atomic mass is 10.2. The number of carbonyl (C=O) groups excluding carboxylic acids is 1.